The summed E-state index contributed by atoms with van der Waals surface area (Å²) in [7, 11) is 0. The zero-order chi connectivity index (χ0) is 4.41. The highest BCUT2D eigenvalue weighted by atomic mass is 16.5. The summed E-state index contributed by atoms with van der Waals surface area (Å²) in [5, 5.41) is 0. The maximum Gasteiger partial charge on any atom is 0.0980 e. The van der Waals surface area contributed by atoms with Crippen molar-refractivity contribution in [3.05, 3.63) is 12.8 Å². The minimum absolute atomic E-state index is 0.530. The molecule has 1 aliphatic carbocycles. The lowest BCUT2D eigenvalue weighted by Gasteiger charge is -1.88. The second-order valence-corrected chi connectivity index (χ2v) is 1.50. The first-order valence-corrected chi connectivity index (χ1v) is 2.20. The molecule has 0 spiro atoms. The Bertz CT molecular complexity index is 55.0. The van der Waals surface area contributed by atoms with Crippen molar-refractivity contribution < 1.29 is 4.74 Å². The van der Waals surface area contributed by atoms with Crippen LogP contribution in [-0.2, 0) is 4.74 Å². The van der Waals surface area contributed by atoms with Crippen LogP contribution in [0.25, 0.3) is 0 Å². The molecule has 0 saturated heterocycles. The lowest BCUT2D eigenvalue weighted by atomic mass is 10.8. The molecule has 0 bridgehead atoms. The molecule has 0 aliphatic heterocycles. The van der Waals surface area contributed by atoms with E-state index in [0.717, 1.165) is 0 Å². The van der Waals surface area contributed by atoms with Crippen molar-refractivity contribution in [3.63, 3.8) is 0 Å². The van der Waals surface area contributed by atoms with Crippen molar-refractivity contribution >= 4 is 0 Å². The first-order valence-electron chi connectivity index (χ1n) is 2.20. The Morgan fingerprint density at radius 1 is 1.67 bits per heavy atom. The zero-order valence-corrected chi connectivity index (χ0v) is 3.68. The number of hydrogen-bond donors (Lipinski definition) is 0. The second-order valence-electron chi connectivity index (χ2n) is 1.50. The normalized spacial score (nSPS) is 20.0. The highest BCUT2D eigenvalue weighted by Crippen LogP contribution is 2.22. The van der Waals surface area contributed by atoms with Crippen LogP contribution in [0.2, 0.25) is 0 Å². The minimum Gasteiger partial charge on any atom is -0.499 e. The van der Waals surface area contributed by atoms with Crippen molar-refractivity contribution in [2.75, 3.05) is 0 Å². The number of hydrogen-bond acceptors (Lipinski definition) is 1. The van der Waals surface area contributed by atoms with Crippen molar-refractivity contribution in [2.45, 2.75) is 18.9 Å². The molecule has 0 unspecified atom stereocenters. The van der Waals surface area contributed by atoms with E-state index in [1.54, 1.807) is 0 Å². The summed E-state index contributed by atoms with van der Waals surface area (Å²) >= 11 is 0. The van der Waals surface area contributed by atoms with Crippen LogP contribution in [0, 0.1) is 0 Å². The quantitative estimate of drug-likeness (QED) is 0.458. The van der Waals surface area contributed by atoms with Crippen LogP contribution in [0.4, 0.5) is 0 Å². The van der Waals surface area contributed by atoms with E-state index >= 15 is 0 Å². The molecule has 0 aromatic carbocycles. The highest BCUT2D eigenvalue weighted by Gasteiger charge is 2.20. The van der Waals surface area contributed by atoms with Gasteiger partial charge in [0, 0.05) is 0 Å². The largest absolute Gasteiger partial charge is 0.499 e. The summed E-state index contributed by atoms with van der Waals surface area (Å²) in [6.07, 6.45) is 4.50. The van der Waals surface area contributed by atoms with Crippen molar-refractivity contribution in [2.24, 2.45) is 0 Å². The van der Waals surface area contributed by atoms with Gasteiger partial charge in [0.25, 0.3) is 0 Å². The average molecular weight is 84.1 g/mol. The average Bonchev–Trinajstić information content (AvgIpc) is 2.21. The Balaban J connectivity index is 2.00. The highest BCUT2D eigenvalue weighted by molar-refractivity contribution is 4.75. The third-order valence-electron chi connectivity index (χ3n) is 0.813. The molecule has 1 aliphatic rings. The van der Waals surface area contributed by atoms with Gasteiger partial charge in [0.1, 0.15) is 0 Å². The van der Waals surface area contributed by atoms with Crippen LogP contribution >= 0.6 is 0 Å². The van der Waals surface area contributed by atoms with Gasteiger partial charge >= 0.3 is 0 Å². The van der Waals surface area contributed by atoms with E-state index in [9.17, 15) is 0 Å². The molecule has 0 heterocycles. The van der Waals surface area contributed by atoms with Crippen LogP contribution in [0.3, 0.4) is 0 Å². The van der Waals surface area contributed by atoms with Gasteiger partial charge < -0.3 is 4.74 Å². The summed E-state index contributed by atoms with van der Waals surface area (Å²) in [4.78, 5) is 0. The van der Waals surface area contributed by atoms with E-state index in [2.05, 4.69) is 6.58 Å². The van der Waals surface area contributed by atoms with Crippen LogP contribution < -0.4 is 0 Å². The van der Waals surface area contributed by atoms with Gasteiger partial charge in [0.05, 0.1) is 12.4 Å². The maximum atomic E-state index is 4.92. The molecular weight excluding hydrogens is 76.1 g/mol. The first kappa shape index (κ1) is 3.72. The van der Waals surface area contributed by atoms with Gasteiger partial charge in [-0.1, -0.05) is 6.58 Å². The number of rotatable bonds is 2. The van der Waals surface area contributed by atoms with Gasteiger partial charge in [-0.3, -0.25) is 0 Å². The summed E-state index contributed by atoms with van der Waals surface area (Å²) in [5.41, 5.74) is 0. The molecule has 34 valence electrons. The molecule has 1 nitrogen and oxygen atoms in total. The molecule has 1 rings (SSSR count). The summed E-state index contributed by atoms with van der Waals surface area (Å²) in [5.74, 6) is 0. The maximum absolute atomic E-state index is 4.92. The van der Waals surface area contributed by atoms with Gasteiger partial charge in [-0.2, -0.15) is 0 Å². The Morgan fingerprint density at radius 3 is 2.50 bits per heavy atom. The predicted molar refractivity (Wildman–Crippen MR) is 24.3 cm³/mol. The molecule has 0 aromatic heterocycles. The monoisotopic (exact) mass is 84.1 g/mol. The van der Waals surface area contributed by atoms with Crippen LogP contribution in [0.1, 0.15) is 12.8 Å². The third kappa shape index (κ3) is 0.744. The van der Waals surface area contributed by atoms with Gasteiger partial charge in [0.15, 0.2) is 0 Å². The topological polar surface area (TPSA) is 9.23 Å². The lowest BCUT2D eigenvalue weighted by Crippen LogP contribution is -1.78. The van der Waals surface area contributed by atoms with Gasteiger partial charge in [-0.25, -0.2) is 0 Å². The molecule has 6 heavy (non-hydrogen) atoms. The van der Waals surface area contributed by atoms with E-state index in [1.165, 1.54) is 19.1 Å². The van der Waals surface area contributed by atoms with Crippen LogP contribution in [0.5, 0.6) is 0 Å². The SMILES string of the molecule is C=COC1CC1. The van der Waals surface area contributed by atoms with E-state index in [0.29, 0.717) is 6.10 Å². The predicted octanol–water partition coefficient (Wildman–Crippen LogP) is 1.31. The lowest BCUT2D eigenvalue weighted by molar-refractivity contribution is 0.235. The van der Waals surface area contributed by atoms with E-state index in [4.69, 9.17) is 4.74 Å². The molecule has 1 saturated carbocycles. The van der Waals surface area contributed by atoms with Crippen LogP contribution in [-0.4, -0.2) is 6.10 Å². The molecule has 0 atom stereocenters. The van der Waals surface area contributed by atoms with E-state index in [1.807, 2.05) is 0 Å². The van der Waals surface area contributed by atoms with Crippen molar-refractivity contribution in [1.29, 1.82) is 0 Å². The fourth-order valence-corrected chi connectivity index (χ4v) is 0.340. The summed E-state index contributed by atoms with van der Waals surface area (Å²) in [6.45, 7) is 3.42. The molecular formula is C5H8O. The minimum atomic E-state index is 0.530. The Hall–Kier alpha value is -0.460. The Labute approximate surface area is 37.6 Å². The Morgan fingerprint density at radius 2 is 2.33 bits per heavy atom. The van der Waals surface area contributed by atoms with Gasteiger partial charge in [-0.05, 0) is 12.8 Å². The summed E-state index contributed by atoms with van der Waals surface area (Å²) < 4.78 is 4.92. The third-order valence-corrected chi connectivity index (χ3v) is 0.813. The summed E-state index contributed by atoms with van der Waals surface area (Å²) in [6, 6.07) is 0. The van der Waals surface area contributed by atoms with Crippen molar-refractivity contribution in [1.82, 2.24) is 0 Å². The van der Waals surface area contributed by atoms with Gasteiger partial charge in [0.2, 0.25) is 0 Å². The molecule has 1 fully saturated rings. The molecule has 0 amide bonds. The molecule has 0 N–H and O–H groups in total. The standard InChI is InChI=1S/C5H8O/c1-2-6-5-3-4-5/h2,5H,1,3-4H2. The van der Waals surface area contributed by atoms with E-state index in [-0.39, 0.29) is 0 Å². The smallest absolute Gasteiger partial charge is 0.0980 e. The van der Waals surface area contributed by atoms with E-state index < -0.39 is 0 Å². The fraction of sp³-hybridized carbons (Fsp3) is 0.600. The molecule has 1 heteroatoms. The fourth-order valence-electron chi connectivity index (χ4n) is 0.340. The second kappa shape index (κ2) is 1.33. The molecule has 0 aromatic rings. The Kier molecular flexibility index (Phi) is 0.825. The number of ether oxygens (including phenoxy) is 1. The van der Waals surface area contributed by atoms with Crippen molar-refractivity contribution in [3.8, 4) is 0 Å². The zero-order valence-electron chi connectivity index (χ0n) is 3.68. The van der Waals surface area contributed by atoms with Crippen LogP contribution in [0.15, 0.2) is 12.8 Å². The molecule has 0 radical (unpaired) electrons. The first-order chi connectivity index (χ1) is 2.93. The van der Waals surface area contributed by atoms with Gasteiger partial charge in [-0.15, -0.1) is 0 Å².